The van der Waals surface area contributed by atoms with E-state index in [1.807, 2.05) is 6.92 Å². The van der Waals surface area contributed by atoms with Gasteiger partial charge in [0.1, 0.15) is 0 Å². The molecule has 0 aliphatic heterocycles. The van der Waals surface area contributed by atoms with E-state index >= 15 is 0 Å². The van der Waals surface area contributed by atoms with E-state index in [-0.39, 0.29) is 6.17 Å². The molecule has 3 heteroatoms. The molecule has 1 unspecified atom stereocenters. The van der Waals surface area contributed by atoms with Crippen molar-refractivity contribution in [3.05, 3.63) is 0 Å². The molecule has 0 aliphatic rings. The van der Waals surface area contributed by atoms with E-state index in [0.717, 1.165) is 13.2 Å². The van der Waals surface area contributed by atoms with Crippen molar-refractivity contribution in [2.45, 2.75) is 20.0 Å². The fourth-order valence-electron chi connectivity index (χ4n) is 0.358. The van der Waals surface area contributed by atoms with Crippen LogP contribution in [0.3, 0.4) is 0 Å². The molecule has 50 valence electrons. The average molecular weight is 117 g/mol. The van der Waals surface area contributed by atoms with E-state index in [0.29, 0.717) is 0 Å². The van der Waals surface area contributed by atoms with Crippen LogP contribution in [-0.2, 0) is 0 Å². The molecule has 0 bridgehead atoms. The molecular weight excluding hydrogens is 102 g/mol. The van der Waals surface area contributed by atoms with E-state index in [2.05, 4.69) is 17.6 Å². The summed E-state index contributed by atoms with van der Waals surface area (Å²) in [5, 5.41) is 6.10. The number of nitrogens with one attached hydrogen (secondary N) is 2. The van der Waals surface area contributed by atoms with Crippen LogP contribution in [0.5, 0.6) is 0 Å². The Bertz CT molecular complexity index is 44.9. The first kappa shape index (κ1) is 7.88. The summed E-state index contributed by atoms with van der Waals surface area (Å²) in [7, 11) is 0. The van der Waals surface area contributed by atoms with Gasteiger partial charge in [-0.3, -0.25) is 5.32 Å². The Morgan fingerprint density at radius 3 is 2.62 bits per heavy atom. The fourth-order valence-corrected chi connectivity index (χ4v) is 0.358. The normalized spacial score (nSPS) is 13.9. The van der Waals surface area contributed by atoms with Crippen LogP contribution in [0.1, 0.15) is 13.8 Å². The van der Waals surface area contributed by atoms with Crippen LogP contribution in [0.15, 0.2) is 0 Å². The number of hydrogen-bond acceptors (Lipinski definition) is 3. The number of rotatable bonds is 4. The standard InChI is InChI=1S/C5H15N3/c1-3-7-4-8-5(2)6/h5,7-8H,3-4,6H2,1-2H3. The lowest BCUT2D eigenvalue weighted by Crippen LogP contribution is -2.40. The van der Waals surface area contributed by atoms with Gasteiger partial charge in [-0.25, -0.2) is 0 Å². The molecule has 0 radical (unpaired) electrons. The van der Waals surface area contributed by atoms with Crippen molar-refractivity contribution in [3.63, 3.8) is 0 Å². The summed E-state index contributed by atoms with van der Waals surface area (Å²) in [6.45, 7) is 5.76. The molecule has 0 aromatic heterocycles. The van der Waals surface area contributed by atoms with Crippen molar-refractivity contribution >= 4 is 0 Å². The molecule has 1 atom stereocenters. The van der Waals surface area contributed by atoms with Gasteiger partial charge < -0.3 is 11.1 Å². The van der Waals surface area contributed by atoms with Crippen LogP contribution >= 0.6 is 0 Å². The first-order valence-corrected chi connectivity index (χ1v) is 2.97. The average Bonchev–Trinajstić information content (AvgIpc) is 1.66. The minimum atomic E-state index is 0.0917. The molecule has 0 fully saturated rings. The van der Waals surface area contributed by atoms with Gasteiger partial charge in [0.25, 0.3) is 0 Å². The van der Waals surface area contributed by atoms with Crippen molar-refractivity contribution < 1.29 is 0 Å². The maximum atomic E-state index is 5.38. The van der Waals surface area contributed by atoms with Crippen LogP contribution in [0.2, 0.25) is 0 Å². The maximum Gasteiger partial charge on any atom is 0.0527 e. The van der Waals surface area contributed by atoms with Crippen LogP contribution in [0, 0.1) is 0 Å². The third kappa shape index (κ3) is 5.88. The molecule has 8 heavy (non-hydrogen) atoms. The summed E-state index contributed by atoms with van der Waals surface area (Å²) in [6, 6.07) is 0. The zero-order valence-corrected chi connectivity index (χ0v) is 5.57. The fraction of sp³-hybridized carbons (Fsp3) is 1.00. The van der Waals surface area contributed by atoms with Crippen LogP contribution in [0.4, 0.5) is 0 Å². The van der Waals surface area contributed by atoms with Gasteiger partial charge in [0.15, 0.2) is 0 Å². The first-order valence-electron chi connectivity index (χ1n) is 2.97. The Hall–Kier alpha value is -0.120. The van der Waals surface area contributed by atoms with E-state index in [1.54, 1.807) is 0 Å². The molecule has 0 heterocycles. The monoisotopic (exact) mass is 117 g/mol. The van der Waals surface area contributed by atoms with Crippen molar-refractivity contribution in [1.82, 2.24) is 10.6 Å². The van der Waals surface area contributed by atoms with E-state index in [1.165, 1.54) is 0 Å². The van der Waals surface area contributed by atoms with E-state index < -0.39 is 0 Å². The Balaban J connectivity index is 2.72. The van der Waals surface area contributed by atoms with Crippen molar-refractivity contribution in [2.75, 3.05) is 13.2 Å². The molecule has 0 aliphatic carbocycles. The van der Waals surface area contributed by atoms with E-state index in [4.69, 9.17) is 5.73 Å². The lowest BCUT2D eigenvalue weighted by atomic mass is 10.6. The molecule has 0 spiro atoms. The SMILES string of the molecule is CCNCNC(C)N. The molecule has 0 aromatic rings. The van der Waals surface area contributed by atoms with Gasteiger partial charge in [0, 0.05) is 6.67 Å². The second-order valence-electron chi connectivity index (χ2n) is 1.77. The summed E-state index contributed by atoms with van der Waals surface area (Å²) in [4.78, 5) is 0. The maximum absolute atomic E-state index is 5.38. The van der Waals surface area contributed by atoms with Crippen LogP contribution in [0.25, 0.3) is 0 Å². The second-order valence-corrected chi connectivity index (χ2v) is 1.77. The van der Waals surface area contributed by atoms with Crippen LogP contribution in [-0.4, -0.2) is 19.4 Å². The quantitative estimate of drug-likeness (QED) is 0.342. The molecule has 0 amide bonds. The highest BCUT2D eigenvalue weighted by molar-refractivity contribution is 4.47. The molecule has 0 saturated carbocycles. The summed E-state index contributed by atoms with van der Waals surface area (Å²) < 4.78 is 0. The highest BCUT2D eigenvalue weighted by Gasteiger charge is 1.86. The van der Waals surface area contributed by atoms with Gasteiger partial charge >= 0.3 is 0 Å². The molecule has 0 rings (SSSR count). The summed E-state index contributed by atoms with van der Waals surface area (Å²) in [6.07, 6.45) is 0.0917. The zero-order valence-electron chi connectivity index (χ0n) is 5.57. The minimum Gasteiger partial charge on any atom is -0.316 e. The van der Waals surface area contributed by atoms with Gasteiger partial charge in [0.05, 0.1) is 6.17 Å². The Morgan fingerprint density at radius 1 is 1.62 bits per heavy atom. The van der Waals surface area contributed by atoms with Gasteiger partial charge in [-0.05, 0) is 13.5 Å². The number of hydrogen-bond donors (Lipinski definition) is 3. The summed E-state index contributed by atoms with van der Waals surface area (Å²) in [5.41, 5.74) is 5.38. The summed E-state index contributed by atoms with van der Waals surface area (Å²) in [5.74, 6) is 0. The largest absolute Gasteiger partial charge is 0.316 e. The smallest absolute Gasteiger partial charge is 0.0527 e. The van der Waals surface area contributed by atoms with Gasteiger partial charge in [-0.1, -0.05) is 6.92 Å². The lowest BCUT2D eigenvalue weighted by Gasteiger charge is -2.06. The van der Waals surface area contributed by atoms with Crippen molar-refractivity contribution in [2.24, 2.45) is 5.73 Å². The molecule has 0 aromatic carbocycles. The Kier molecular flexibility index (Phi) is 4.95. The highest BCUT2D eigenvalue weighted by atomic mass is 15.1. The zero-order chi connectivity index (χ0) is 6.41. The third-order valence-corrected chi connectivity index (χ3v) is 0.799. The molecule has 4 N–H and O–H groups in total. The predicted octanol–water partition coefficient (Wildman–Crippen LogP) is -0.552. The summed E-state index contributed by atoms with van der Waals surface area (Å²) >= 11 is 0. The topological polar surface area (TPSA) is 50.1 Å². The van der Waals surface area contributed by atoms with Crippen LogP contribution < -0.4 is 16.4 Å². The first-order chi connectivity index (χ1) is 3.77. The second kappa shape index (κ2) is 5.03. The van der Waals surface area contributed by atoms with Gasteiger partial charge in [-0.2, -0.15) is 0 Å². The molecule has 3 nitrogen and oxygen atoms in total. The Morgan fingerprint density at radius 2 is 2.25 bits per heavy atom. The van der Waals surface area contributed by atoms with Crippen molar-refractivity contribution in [3.8, 4) is 0 Å². The minimum absolute atomic E-state index is 0.0917. The number of nitrogens with two attached hydrogens (primary N) is 1. The van der Waals surface area contributed by atoms with Gasteiger partial charge in [-0.15, -0.1) is 0 Å². The Labute approximate surface area is 50.6 Å². The van der Waals surface area contributed by atoms with E-state index in [9.17, 15) is 0 Å². The third-order valence-electron chi connectivity index (χ3n) is 0.799. The lowest BCUT2D eigenvalue weighted by molar-refractivity contribution is 0.522. The predicted molar refractivity (Wildman–Crippen MR) is 35.3 cm³/mol. The molecular formula is C5H15N3. The highest BCUT2D eigenvalue weighted by Crippen LogP contribution is 1.60. The molecule has 0 saturated heterocycles. The van der Waals surface area contributed by atoms with Crippen molar-refractivity contribution in [1.29, 1.82) is 0 Å². The van der Waals surface area contributed by atoms with Gasteiger partial charge in [0.2, 0.25) is 0 Å².